The van der Waals surface area contributed by atoms with Gasteiger partial charge in [-0.3, -0.25) is 9.52 Å². The predicted octanol–water partition coefficient (Wildman–Crippen LogP) is 4.29. The summed E-state index contributed by atoms with van der Waals surface area (Å²) < 4.78 is 33.3. The van der Waals surface area contributed by atoms with Crippen molar-refractivity contribution in [2.24, 2.45) is 0 Å². The van der Waals surface area contributed by atoms with Gasteiger partial charge in [-0.05, 0) is 42.8 Å². The van der Waals surface area contributed by atoms with Crippen molar-refractivity contribution in [2.45, 2.75) is 12.7 Å². The monoisotopic (exact) mass is 394 g/mol. The summed E-state index contributed by atoms with van der Waals surface area (Å²) >= 11 is 0. The van der Waals surface area contributed by atoms with E-state index in [0.717, 1.165) is 5.56 Å². The fourth-order valence-electron chi connectivity index (χ4n) is 2.95. The lowest BCUT2D eigenvalue weighted by Crippen LogP contribution is -2.16. The number of nitrogens with one attached hydrogen (secondary N) is 2. The lowest BCUT2D eigenvalue weighted by Gasteiger charge is -2.11. The first kappa shape index (κ1) is 18.1. The van der Waals surface area contributed by atoms with Crippen LogP contribution in [0.1, 0.15) is 21.5 Å². The molecular weight excluding hydrogens is 376 g/mol. The number of rotatable bonds is 4. The Morgan fingerprint density at radius 2 is 1.71 bits per heavy atom. The molecule has 0 spiro atoms. The number of hydrogen-bond donors (Lipinski definition) is 2. The third-order valence-corrected chi connectivity index (χ3v) is 5.59. The zero-order valence-corrected chi connectivity index (χ0v) is 15.9. The fraction of sp³-hybridized carbons (Fsp3) is 0.0952. The smallest absolute Gasteiger partial charge is 0.259 e. The highest BCUT2D eigenvalue weighted by atomic mass is 32.2. The van der Waals surface area contributed by atoms with E-state index in [1.807, 2.05) is 25.1 Å². The zero-order valence-electron chi connectivity index (χ0n) is 15.1. The summed E-state index contributed by atoms with van der Waals surface area (Å²) in [5, 5.41) is 2.77. The van der Waals surface area contributed by atoms with E-state index in [4.69, 9.17) is 4.74 Å². The summed E-state index contributed by atoms with van der Waals surface area (Å²) in [4.78, 5) is 12.5. The molecule has 1 aliphatic rings. The van der Waals surface area contributed by atoms with Crippen LogP contribution in [0, 0.1) is 6.92 Å². The molecule has 0 fully saturated rings. The SMILES string of the molecule is Cc1ccc(CS(=O)(=O)Nc2ccc3c(c2)C(=O)Nc2ccccc2O3)cc1. The van der Waals surface area contributed by atoms with Gasteiger partial charge in [-0.1, -0.05) is 42.0 Å². The highest BCUT2D eigenvalue weighted by Gasteiger charge is 2.22. The number of hydrogen-bond acceptors (Lipinski definition) is 4. The molecular formula is C21H18N2O4S. The van der Waals surface area contributed by atoms with E-state index in [1.165, 1.54) is 6.07 Å². The van der Waals surface area contributed by atoms with Crippen LogP contribution in [-0.2, 0) is 15.8 Å². The third-order valence-electron chi connectivity index (χ3n) is 4.33. The molecule has 0 saturated heterocycles. The van der Waals surface area contributed by atoms with Crippen molar-refractivity contribution in [2.75, 3.05) is 10.0 Å². The predicted molar refractivity (Wildman–Crippen MR) is 108 cm³/mol. The second-order valence-corrected chi connectivity index (χ2v) is 8.33. The molecule has 6 nitrogen and oxygen atoms in total. The molecule has 0 unspecified atom stereocenters. The highest BCUT2D eigenvalue weighted by Crippen LogP contribution is 2.36. The number of amides is 1. The van der Waals surface area contributed by atoms with Crippen LogP contribution in [0.3, 0.4) is 0 Å². The number of fused-ring (bicyclic) bond motifs is 2. The molecule has 142 valence electrons. The molecule has 1 aliphatic heterocycles. The molecule has 3 aromatic carbocycles. The molecule has 0 radical (unpaired) electrons. The molecule has 28 heavy (non-hydrogen) atoms. The van der Waals surface area contributed by atoms with E-state index in [-0.39, 0.29) is 17.2 Å². The molecule has 1 amide bonds. The van der Waals surface area contributed by atoms with Crippen LogP contribution in [0.2, 0.25) is 0 Å². The van der Waals surface area contributed by atoms with Gasteiger partial charge < -0.3 is 10.1 Å². The molecule has 4 rings (SSSR count). The lowest BCUT2D eigenvalue weighted by atomic mass is 10.1. The molecule has 0 aliphatic carbocycles. The van der Waals surface area contributed by atoms with Gasteiger partial charge in [0.05, 0.1) is 17.0 Å². The van der Waals surface area contributed by atoms with Gasteiger partial charge in [0.15, 0.2) is 5.75 Å². The second-order valence-electron chi connectivity index (χ2n) is 6.61. The Hall–Kier alpha value is -3.32. The van der Waals surface area contributed by atoms with Crippen molar-refractivity contribution in [3.05, 3.63) is 83.4 Å². The van der Waals surface area contributed by atoms with E-state index < -0.39 is 10.0 Å². The first-order chi connectivity index (χ1) is 13.4. The molecule has 0 saturated carbocycles. The summed E-state index contributed by atoms with van der Waals surface area (Å²) in [6.45, 7) is 1.94. The van der Waals surface area contributed by atoms with E-state index >= 15 is 0 Å². The Labute approximate surface area is 163 Å². The first-order valence-electron chi connectivity index (χ1n) is 8.68. The normalized spacial score (nSPS) is 12.8. The third kappa shape index (κ3) is 3.84. The minimum absolute atomic E-state index is 0.154. The molecule has 1 heterocycles. The van der Waals surface area contributed by atoms with E-state index in [1.54, 1.807) is 42.5 Å². The van der Waals surface area contributed by atoms with Crippen LogP contribution in [-0.4, -0.2) is 14.3 Å². The maximum absolute atomic E-state index is 12.5. The average Bonchev–Trinajstić information content (AvgIpc) is 2.79. The van der Waals surface area contributed by atoms with Crippen LogP contribution in [0.15, 0.2) is 66.7 Å². The van der Waals surface area contributed by atoms with E-state index in [9.17, 15) is 13.2 Å². The van der Waals surface area contributed by atoms with Gasteiger partial charge in [0, 0.05) is 5.69 Å². The van der Waals surface area contributed by atoms with Crippen LogP contribution in [0.25, 0.3) is 0 Å². The minimum atomic E-state index is -3.63. The lowest BCUT2D eigenvalue weighted by molar-refractivity contribution is 0.102. The van der Waals surface area contributed by atoms with Gasteiger partial charge >= 0.3 is 0 Å². The number of para-hydroxylation sites is 2. The Balaban J connectivity index is 1.58. The second kappa shape index (κ2) is 7.01. The van der Waals surface area contributed by atoms with Crippen LogP contribution in [0.5, 0.6) is 11.5 Å². The number of benzene rings is 3. The first-order valence-corrected chi connectivity index (χ1v) is 10.3. The molecule has 0 aromatic heterocycles. The van der Waals surface area contributed by atoms with Crippen molar-refractivity contribution in [3.63, 3.8) is 0 Å². The van der Waals surface area contributed by atoms with Crippen LogP contribution >= 0.6 is 0 Å². The Morgan fingerprint density at radius 3 is 2.50 bits per heavy atom. The maximum atomic E-state index is 12.5. The van der Waals surface area contributed by atoms with E-state index in [2.05, 4.69) is 10.0 Å². The van der Waals surface area contributed by atoms with E-state index in [0.29, 0.717) is 28.4 Å². The highest BCUT2D eigenvalue weighted by molar-refractivity contribution is 7.91. The van der Waals surface area contributed by atoms with Crippen LogP contribution < -0.4 is 14.8 Å². The quantitative estimate of drug-likeness (QED) is 0.691. The standard InChI is InChI=1S/C21H18N2O4S/c1-14-6-8-15(9-7-14)13-28(25,26)23-16-10-11-19-17(12-16)21(24)22-18-4-2-3-5-20(18)27-19/h2-12,23H,13H2,1H3,(H,22,24). The van der Waals surface area contributed by atoms with Crippen molar-refractivity contribution >= 4 is 27.3 Å². The Morgan fingerprint density at radius 1 is 0.964 bits per heavy atom. The number of anilines is 2. The topological polar surface area (TPSA) is 84.5 Å². The van der Waals surface area contributed by atoms with Gasteiger partial charge in [-0.2, -0.15) is 0 Å². The van der Waals surface area contributed by atoms with Crippen molar-refractivity contribution in [1.82, 2.24) is 0 Å². The summed E-state index contributed by atoms with van der Waals surface area (Å²) in [6.07, 6.45) is 0. The number of ether oxygens (including phenoxy) is 1. The van der Waals surface area contributed by atoms with Crippen molar-refractivity contribution in [3.8, 4) is 11.5 Å². The molecule has 2 N–H and O–H groups in total. The molecule has 3 aromatic rings. The van der Waals surface area contributed by atoms with Gasteiger partial charge in [-0.15, -0.1) is 0 Å². The zero-order chi connectivity index (χ0) is 19.7. The average molecular weight is 394 g/mol. The van der Waals surface area contributed by atoms with Gasteiger partial charge in [0.2, 0.25) is 10.0 Å². The summed E-state index contributed by atoms with van der Waals surface area (Å²) in [5.41, 5.74) is 2.86. The summed E-state index contributed by atoms with van der Waals surface area (Å²) in [7, 11) is -3.63. The Bertz CT molecular complexity index is 1160. The molecule has 0 atom stereocenters. The summed E-state index contributed by atoms with van der Waals surface area (Å²) in [6, 6.07) is 19.0. The van der Waals surface area contributed by atoms with Crippen molar-refractivity contribution in [1.29, 1.82) is 0 Å². The largest absolute Gasteiger partial charge is 0.454 e. The maximum Gasteiger partial charge on any atom is 0.259 e. The number of aryl methyl sites for hydroxylation is 1. The number of sulfonamides is 1. The minimum Gasteiger partial charge on any atom is -0.454 e. The molecule has 7 heteroatoms. The Kier molecular flexibility index (Phi) is 4.52. The van der Waals surface area contributed by atoms with Gasteiger partial charge in [0.25, 0.3) is 5.91 Å². The van der Waals surface area contributed by atoms with Gasteiger partial charge in [-0.25, -0.2) is 8.42 Å². The van der Waals surface area contributed by atoms with Gasteiger partial charge in [0.1, 0.15) is 5.75 Å². The van der Waals surface area contributed by atoms with Crippen LogP contribution in [0.4, 0.5) is 11.4 Å². The fourth-order valence-corrected chi connectivity index (χ4v) is 4.14. The van der Waals surface area contributed by atoms with Crippen molar-refractivity contribution < 1.29 is 17.9 Å². The number of carbonyl (C=O) groups is 1. The summed E-state index contributed by atoms with van der Waals surface area (Å²) in [5.74, 6) is 0.379. The molecule has 0 bridgehead atoms. The number of carbonyl (C=O) groups excluding carboxylic acids is 1.